The summed E-state index contributed by atoms with van der Waals surface area (Å²) in [4.78, 5) is 23.3. The number of carbonyl (C=O) groups excluding carboxylic acids is 1. The average Bonchev–Trinajstić information content (AvgIpc) is 3.40. The minimum absolute atomic E-state index is 0.0636. The summed E-state index contributed by atoms with van der Waals surface area (Å²) in [5.41, 5.74) is 5.18. The molecule has 1 heterocycles. The minimum atomic E-state index is -2.60. The summed E-state index contributed by atoms with van der Waals surface area (Å²) in [5, 5.41) is 23.8. The summed E-state index contributed by atoms with van der Waals surface area (Å²) in [7, 11) is 0. The van der Waals surface area contributed by atoms with Gasteiger partial charge in [-0.05, 0) is 66.0 Å². The Morgan fingerprint density at radius 2 is 1.48 bits per heavy atom. The van der Waals surface area contributed by atoms with Crippen LogP contribution < -0.4 is 0 Å². The summed E-state index contributed by atoms with van der Waals surface area (Å²) in [6.07, 6.45) is -2.60. The Hall–Kier alpha value is -5.61. The monoisotopic (exact) mass is 644 g/mol. The normalized spacial score (nSPS) is 10.9. The number of hydrogen-bond donors (Lipinski definition) is 0. The number of hydrogen-bond acceptors (Lipinski definition) is 5. The Labute approximate surface area is 271 Å². The molecular formula is C36H19ClF2N4O2S. The highest BCUT2D eigenvalue weighted by atomic mass is 35.5. The molecule has 46 heavy (non-hydrogen) atoms. The molecular weight excluding hydrogens is 626 g/mol. The van der Waals surface area contributed by atoms with Crippen LogP contribution in [-0.2, 0) is 0 Å². The molecule has 6 rings (SSSR count). The molecule has 0 aliphatic heterocycles. The number of aromatic nitrogens is 1. The topological polar surface area (TPSA) is 99.0 Å². The Morgan fingerprint density at radius 3 is 2.13 bits per heavy atom. The highest BCUT2D eigenvalue weighted by molar-refractivity contribution is 7.98. The van der Waals surface area contributed by atoms with Crippen LogP contribution in [0.15, 0.2) is 119 Å². The van der Waals surface area contributed by atoms with Gasteiger partial charge in [0.1, 0.15) is 0 Å². The Kier molecular flexibility index (Phi) is 8.45. The average molecular weight is 645 g/mol. The lowest BCUT2D eigenvalue weighted by atomic mass is 9.90. The first-order chi connectivity index (χ1) is 22.3. The van der Waals surface area contributed by atoms with Crippen LogP contribution in [0.4, 0.5) is 8.78 Å². The summed E-state index contributed by atoms with van der Waals surface area (Å²) >= 11 is 7.89. The van der Waals surface area contributed by atoms with Crippen molar-refractivity contribution in [3.63, 3.8) is 0 Å². The van der Waals surface area contributed by atoms with Crippen molar-refractivity contribution in [3.8, 4) is 45.6 Å². The van der Waals surface area contributed by atoms with Crippen molar-refractivity contribution in [3.05, 3.63) is 141 Å². The second-order valence-corrected chi connectivity index (χ2v) is 11.5. The minimum Gasteiger partial charge on any atom is -0.279 e. The number of alkyl halides is 2. The van der Waals surface area contributed by atoms with Crippen molar-refractivity contribution in [2.45, 2.75) is 11.3 Å². The van der Waals surface area contributed by atoms with Gasteiger partial charge in [-0.3, -0.25) is 8.77 Å². The molecule has 0 atom stereocenters. The maximum absolute atomic E-state index is 13.3. The number of amides is 1. The number of rotatable bonds is 7. The van der Waals surface area contributed by atoms with E-state index >= 15 is 0 Å². The molecule has 1 amide bonds. The van der Waals surface area contributed by atoms with Crippen LogP contribution in [0.25, 0.3) is 44.4 Å². The van der Waals surface area contributed by atoms with Crippen molar-refractivity contribution in [2.75, 3.05) is 0 Å². The number of nitroso groups, excluding NO2 is 1. The van der Waals surface area contributed by atoms with Crippen molar-refractivity contribution < 1.29 is 13.6 Å². The van der Waals surface area contributed by atoms with Gasteiger partial charge in [0.05, 0.1) is 34.5 Å². The van der Waals surface area contributed by atoms with E-state index < -0.39 is 12.3 Å². The Bertz CT molecular complexity index is 2220. The first kappa shape index (κ1) is 30.4. The van der Waals surface area contributed by atoms with Crippen molar-refractivity contribution in [1.82, 2.24) is 3.97 Å². The van der Waals surface area contributed by atoms with Gasteiger partial charge in [0.2, 0.25) is 0 Å². The van der Waals surface area contributed by atoms with Crippen LogP contribution in [-0.4, -0.2) is 9.88 Å². The second-order valence-electron chi connectivity index (χ2n) is 10.1. The Morgan fingerprint density at radius 1 is 0.804 bits per heavy atom. The molecule has 10 heteroatoms. The van der Waals surface area contributed by atoms with Gasteiger partial charge in [-0.1, -0.05) is 72.3 Å². The zero-order valence-corrected chi connectivity index (χ0v) is 25.2. The van der Waals surface area contributed by atoms with Crippen LogP contribution in [0.5, 0.6) is 0 Å². The number of fused-ring (bicyclic) bond motifs is 1. The van der Waals surface area contributed by atoms with Crippen molar-refractivity contribution in [2.24, 2.45) is 5.18 Å². The number of halogens is 3. The van der Waals surface area contributed by atoms with Gasteiger partial charge >= 0.3 is 5.91 Å². The first-order valence-electron chi connectivity index (χ1n) is 13.8. The second kappa shape index (κ2) is 12.8. The highest BCUT2D eigenvalue weighted by Gasteiger charge is 2.25. The molecule has 0 aliphatic carbocycles. The number of nitrogens with zero attached hydrogens (tertiary/aromatic N) is 4. The SMILES string of the molecule is N#Cc1cccc(C#N)c1-c1c(-c2cccc(-c3ccc(C(=O)N=O)cc3Cl)c2)n(Sc2ccc(C(F)F)cc2)c2ccccc12. The quantitative estimate of drug-likeness (QED) is 0.161. The molecule has 0 aliphatic rings. The summed E-state index contributed by atoms with van der Waals surface area (Å²) in [5.74, 6) is -0.931. The van der Waals surface area contributed by atoms with E-state index in [1.807, 2.05) is 52.5 Å². The van der Waals surface area contributed by atoms with Crippen LogP contribution in [0.1, 0.15) is 33.5 Å². The van der Waals surface area contributed by atoms with Gasteiger partial charge in [0.25, 0.3) is 6.43 Å². The molecule has 6 nitrogen and oxygen atoms in total. The third kappa shape index (κ3) is 5.54. The molecule has 6 aromatic rings. The molecule has 0 N–H and O–H groups in total. The van der Waals surface area contributed by atoms with Crippen LogP contribution >= 0.6 is 23.5 Å². The molecule has 0 bridgehead atoms. The van der Waals surface area contributed by atoms with Crippen molar-refractivity contribution in [1.29, 1.82) is 10.5 Å². The van der Waals surface area contributed by atoms with Gasteiger partial charge < -0.3 is 0 Å². The number of benzene rings is 5. The predicted octanol–water partition coefficient (Wildman–Crippen LogP) is 10.4. The van der Waals surface area contributed by atoms with Crippen LogP contribution in [0.3, 0.4) is 0 Å². The molecule has 0 saturated heterocycles. The predicted molar refractivity (Wildman–Crippen MR) is 175 cm³/mol. The van der Waals surface area contributed by atoms with Gasteiger partial charge in [-0.25, -0.2) is 8.78 Å². The maximum atomic E-state index is 13.3. The zero-order chi connectivity index (χ0) is 32.4. The fourth-order valence-corrected chi connectivity index (χ4v) is 6.68. The lowest BCUT2D eigenvalue weighted by Gasteiger charge is -2.15. The van der Waals surface area contributed by atoms with E-state index in [9.17, 15) is 29.0 Å². The van der Waals surface area contributed by atoms with E-state index in [4.69, 9.17) is 11.6 Å². The van der Waals surface area contributed by atoms with Crippen LogP contribution in [0.2, 0.25) is 5.02 Å². The summed E-state index contributed by atoms with van der Waals surface area (Å²) < 4.78 is 28.6. The third-order valence-corrected chi connectivity index (χ3v) is 8.82. The van der Waals surface area contributed by atoms with E-state index in [-0.39, 0.29) is 16.1 Å². The maximum Gasteiger partial charge on any atom is 0.316 e. The lowest BCUT2D eigenvalue weighted by Crippen LogP contribution is -1.96. The molecule has 5 aromatic carbocycles. The number of para-hydroxylation sites is 1. The molecule has 0 saturated carbocycles. The first-order valence-corrected chi connectivity index (χ1v) is 14.9. The largest absolute Gasteiger partial charge is 0.316 e. The Balaban J connectivity index is 1.64. The van der Waals surface area contributed by atoms with E-state index in [1.165, 1.54) is 36.2 Å². The zero-order valence-electron chi connectivity index (χ0n) is 23.6. The smallest absolute Gasteiger partial charge is 0.279 e. The molecule has 1 aromatic heterocycles. The lowest BCUT2D eigenvalue weighted by molar-refractivity contribution is 0.100. The van der Waals surface area contributed by atoms with E-state index in [2.05, 4.69) is 17.3 Å². The van der Waals surface area contributed by atoms with E-state index in [0.717, 1.165) is 10.9 Å². The number of nitriles is 2. The molecule has 0 unspecified atom stereocenters. The van der Waals surface area contributed by atoms with Gasteiger partial charge in [-0.2, -0.15) is 10.5 Å². The summed E-state index contributed by atoms with van der Waals surface area (Å²) in [6.45, 7) is 0. The fraction of sp³-hybridized carbons (Fsp3) is 0.0278. The van der Waals surface area contributed by atoms with E-state index in [0.29, 0.717) is 49.5 Å². The van der Waals surface area contributed by atoms with Gasteiger partial charge in [0, 0.05) is 53.9 Å². The molecule has 0 spiro atoms. The van der Waals surface area contributed by atoms with Gasteiger partial charge in [0.15, 0.2) is 0 Å². The fourth-order valence-electron chi connectivity index (χ4n) is 5.38. The van der Waals surface area contributed by atoms with E-state index in [1.54, 1.807) is 36.4 Å². The highest BCUT2D eigenvalue weighted by Crippen LogP contribution is 2.47. The summed E-state index contributed by atoms with van der Waals surface area (Å²) in [6, 6.07) is 35.0. The molecule has 222 valence electrons. The van der Waals surface area contributed by atoms with Gasteiger partial charge in [-0.15, -0.1) is 4.91 Å². The third-order valence-electron chi connectivity index (χ3n) is 7.46. The van der Waals surface area contributed by atoms with Crippen LogP contribution in [0, 0.1) is 27.6 Å². The molecule has 0 fully saturated rings. The standard InChI is InChI=1S/C36H19ClF2N4O2S/c37-30-18-24(36(44)42-45)13-16-28(30)22-5-3-6-23(17-22)34-33(32-25(19-40)7-4-8-26(32)20-41)29-9-1-2-10-31(29)43(34)46-27-14-11-21(12-15-27)35(38)39/h1-18,35H. The number of carbonyl (C=O) groups is 1. The van der Waals surface area contributed by atoms with Crippen molar-refractivity contribution >= 4 is 40.4 Å². The molecule has 0 radical (unpaired) electrons.